The van der Waals surface area contributed by atoms with Crippen LogP contribution in [0.2, 0.25) is 0 Å². The van der Waals surface area contributed by atoms with E-state index in [0.717, 1.165) is 12.8 Å². The fraction of sp³-hybridized carbons (Fsp3) is 0.818. The zero-order valence-electron chi connectivity index (χ0n) is 10.7. The number of carboxylic acid groups (broad SMARTS) is 1. The van der Waals surface area contributed by atoms with Gasteiger partial charge in [-0.2, -0.15) is 0 Å². The van der Waals surface area contributed by atoms with Crippen LogP contribution in [0.5, 0.6) is 0 Å². The molecule has 0 aliphatic rings. The molecule has 0 aromatic rings. The van der Waals surface area contributed by atoms with Crippen LogP contribution in [-0.2, 0) is 9.53 Å². The molecule has 1 atom stereocenters. The Morgan fingerprint density at radius 1 is 1.41 bits per heavy atom. The average molecular weight is 246 g/mol. The van der Waals surface area contributed by atoms with E-state index in [1.165, 1.54) is 4.90 Å². The van der Waals surface area contributed by atoms with Crippen LogP contribution in [0.15, 0.2) is 0 Å². The Labute approximate surface area is 102 Å². The van der Waals surface area contributed by atoms with Gasteiger partial charge in [0, 0.05) is 13.7 Å². The fourth-order valence-corrected chi connectivity index (χ4v) is 1.41. The maximum atomic E-state index is 11.8. The standard InChI is InChI=1S/C11H22N2O4/c1-4-6-13(7-10(14)15)11(16)12-9(5-2)8-17-3/h9H,4-8H2,1-3H3,(H,12,16)(H,14,15). The zero-order valence-corrected chi connectivity index (χ0v) is 10.7. The number of ether oxygens (including phenoxy) is 1. The predicted molar refractivity (Wildman–Crippen MR) is 64.0 cm³/mol. The third-order valence-electron chi connectivity index (χ3n) is 2.30. The lowest BCUT2D eigenvalue weighted by atomic mass is 10.2. The Morgan fingerprint density at radius 2 is 2.06 bits per heavy atom. The summed E-state index contributed by atoms with van der Waals surface area (Å²) in [6, 6.07) is -0.432. The third kappa shape index (κ3) is 6.78. The Morgan fingerprint density at radius 3 is 2.47 bits per heavy atom. The van der Waals surface area contributed by atoms with E-state index < -0.39 is 5.97 Å². The van der Waals surface area contributed by atoms with Crippen molar-refractivity contribution in [3.05, 3.63) is 0 Å². The number of amides is 2. The van der Waals surface area contributed by atoms with Crippen LogP contribution in [0.4, 0.5) is 4.79 Å². The first kappa shape index (κ1) is 15.7. The summed E-state index contributed by atoms with van der Waals surface area (Å²) in [4.78, 5) is 23.7. The van der Waals surface area contributed by atoms with Crippen molar-refractivity contribution in [2.75, 3.05) is 26.8 Å². The van der Waals surface area contributed by atoms with E-state index in [1.54, 1.807) is 7.11 Å². The lowest BCUT2D eigenvalue weighted by Gasteiger charge is -2.24. The molecule has 0 aromatic heterocycles. The summed E-state index contributed by atoms with van der Waals surface area (Å²) in [5.41, 5.74) is 0. The Hall–Kier alpha value is -1.30. The molecule has 6 heteroatoms. The lowest BCUT2D eigenvalue weighted by molar-refractivity contribution is -0.137. The fourth-order valence-electron chi connectivity index (χ4n) is 1.41. The number of hydrogen-bond acceptors (Lipinski definition) is 3. The SMILES string of the molecule is CCCN(CC(=O)O)C(=O)NC(CC)COC. The zero-order chi connectivity index (χ0) is 13.3. The topological polar surface area (TPSA) is 78.9 Å². The molecule has 0 heterocycles. The normalized spacial score (nSPS) is 11.9. The first-order valence-corrected chi connectivity index (χ1v) is 5.81. The molecule has 0 radical (unpaired) electrons. The van der Waals surface area contributed by atoms with E-state index in [4.69, 9.17) is 9.84 Å². The van der Waals surface area contributed by atoms with Gasteiger partial charge in [0.05, 0.1) is 12.6 Å². The second-order valence-corrected chi connectivity index (χ2v) is 3.83. The van der Waals surface area contributed by atoms with Gasteiger partial charge in [-0.1, -0.05) is 13.8 Å². The number of hydrogen-bond donors (Lipinski definition) is 2. The Bertz CT molecular complexity index is 246. The summed E-state index contributed by atoms with van der Waals surface area (Å²) < 4.78 is 4.97. The highest BCUT2D eigenvalue weighted by molar-refractivity contribution is 5.80. The minimum absolute atomic E-state index is 0.0827. The second-order valence-electron chi connectivity index (χ2n) is 3.83. The molecule has 0 aliphatic heterocycles. The van der Waals surface area contributed by atoms with E-state index in [2.05, 4.69) is 5.32 Å². The van der Waals surface area contributed by atoms with Gasteiger partial charge < -0.3 is 20.1 Å². The summed E-state index contributed by atoms with van der Waals surface area (Å²) in [5.74, 6) is -1.01. The summed E-state index contributed by atoms with van der Waals surface area (Å²) in [5, 5.41) is 11.5. The largest absolute Gasteiger partial charge is 0.480 e. The molecule has 0 aliphatic carbocycles. The first-order chi connectivity index (χ1) is 8.04. The monoisotopic (exact) mass is 246 g/mol. The van der Waals surface area contributed by atoms with Crippen LogP contribution in [0.3, 0.4) is 0 Å². The number of carboxylic acids is 1. The molecule has 0 spiro atoms. The van der Waals surface area contributed by atoms with Crippen molar-refractivity contribution in [2.45, 2.75) is 32.7 Å². The lowest BCUT2D eigenvalue weighted by Crippen LogP contribution is -2.48. The van der Waals surface area contributed by atoms with Gasteiger partial charge >= 0.3 is 12.0 Å². The molecule has 0 saturated carbocycles. The maximum absolute atomic E-state index is 11.8. The van der Waals surface area contributed by atoms with Gasteiger partial charge in [0.1, 0.15) is 6.54 Å². The molecular weight excluding hydrogens is 224 g/mol. The van der Waals surface area contributed by atoms with Crippen LogP contribution in [-0.4, -0.2) is 54.9 Å². The van der Waals surface area contributed by atoms with Gasteiger partial charge in [-0.15, -0.1) is 0 Å². The summed E-state index contributed by atoms with van der Waals surface area (Å²) in [7, 11) is 1.57. The first-order valence-electron chi connectivity index (χ1n) is 5.81. The highest BCUT2D eigenvalue weighted by Crippen LogP contribution is 1.97. The van der Waals surface area contributed by atoms with Crippen molar-refractivity contribution in [1.29, 1.82) is 0 Å². The molecular formula is C11H22N2O4. The molecule has 1 unspecified atom stereocenters. The highest BCUT2D eigenvalue weighted by Gasteiger charge is 2.18. The molecule has 0 aromatic carbocycles. The minimum atomic E-state index is -1.01. The second kappa shape index (κ2) is 8.81. The quantitative estimate of drug-likeness (QED) is 0.667. The third-order valence-corrected chi connectivity index (χ3v) is 2.30. The number of carbonyl (C=O) groups is 2. The summed E-state index contributed by atoms with van der Waals surface area (Å²) in [6.07, 6.45) is 1.47. The Balaban J connectivity index is 4.33. The maximum Gasteiger partial charge on any atom is 0.323 e. The molecule has 100 valence electrons. The van der Waals surface area contributed by atoms with Crippen molar-refractivity contribution in [1.82, 2.24) is 10.2 Å². The van der Waals surface area contributed by atoms with Crippen LogP contribution in [0.1, 0.15) is 26.7 Å². The average Bonchev–Trinajstić information content (AvgIpc) is 2.27. The number of nitrogens with zero attached hydrogens (tertiary/aromatic N) is 1. The molecule has 0 rings (SSSR count). The number of nitrogens with one attached hydrogen (secondary N) is 1. The molecule has 6 nitrogen and oxygen atoms in total. The van der Waals surface area contributed by atoms with Crippen molar-refractivity contribution in [3.8, 4) is 0 Å². The number of methoxy groups -OCH3 is 1. The molecule has 0 bridgehead atoms. The highest BCUT2D eigenvalue weighted by atomic mass is 16.5. The van der Waals surface area contributed by atoms with Gasteiger partial charge in [-0.25, -0.2) is 4.79 Å². The van der Waals surface area contributed by atoms with Gasteiger partial charge in [-0.05, 0) is 12.8 Å². The van der Waals surface area contributed by atoms with Crippen molar-refractivity contribution in [2.24, 2.45) is 0 Å². The number of rotatable bonds is 8. The molecule has 17 heavy (non-hydrogen) atoms. The van der Waals surface area contributed by atoms with Crippen molar-refractivity contribution in [3.63, 3.8) is 0 Å². The number of urea groups is 1. The van der Waals surface area contributed by atoms with Crippen LogP contribution >= 0.6 is 0 Å². The van der Waals surface area contributed by atoms with Crippen molar-refractivity contribution < 1.29 is 19.4 Å². The Kier molecular flexibility index (Phi) is 8.13. The minimum Gasteiger partial charge on any atom is -0.480 e. The van der Waals surface area contributed by atoms with E-state index in [-0.39, 0.29) is 18.6 Å². The van der Waals surface area contributed by atoms with E-state index in [0.29, 0.717) is 13.2 Å². The number of carbonyl (C=O) groups excluding carboxylic acids is 1. The summed E-state index contributed by atoms with van der Waals surface area (Å²) >= 11 is 0. The van der Waals surface area contributed by atoms with Crippen molar-refractivity contribution >= 4 is 12.0 Å². The predicted octanol–water partition coefficient (Wildman–Crippen LogP) is 0.918. The van der Waals surface area contributed by atoms with Gasteiger partial charge in [0.25, 0.3) is 0 Å². The van der Waals surface area contributed by atoms with Gasteiger partial charge in [0.2, 0.25) is 0 Å². The van der Waals surface area contributed by atoms with Crippen LogP contribution in [0, 0.1) is 0 Å². The number of aliphatic carboxylic acids is 1. The molecule has 0 fully saturated rings. The smallest absolute Gasteiger partial charge is 0.323 e. The van der Waals surface area contributed by atoms with Gasteiger partial charge in [-0.3, -0.25) is 4.79 Å². The van der Waals surface area contributed by atoms with Crippen LogP contribution < -0.4 is 5.32 Å². The molecule has 2 N–H and O–H groups in total. The van der Waals surface area contributed by atoms with E-state index >= 15 is 0 Å². The van der Waals surface area contributed by atoms with Gasteiger partial charge in [0.15, 0.2) is 0 Å². The van der Waals surface area contributed by atoms with Crippen LogP contribution in [0.25, 0.3) is 0 Å². The molecule has 0 saturated heterocycles. The van der Waals surface area contributed by atoms with E-state index in [9.17, 15) is 9.59 Å². The molecule has 2 amide bonds. The van der Waals surface area contributed by atoms with E-state index in [1.807, 2.05) is 13.8 Å². The summed E-state index contributed by atoms with van der Waals surface area (Å²) in [6.45, 7) is 4.42.